The van der Waals surface area contributed by atoms with Crippen LogP contribution in [-0.4, -0.2) is 114 Å². The molecule has 0 radical (unpaired) electrons. The summed E-state index contributed by atoms with van der Waals surface area (Å²) in [5.41, 5.74) is 15.1. The van der Waals surface area contributed by atoms with Crippen molar-refractivity contribution < 1.29 is 0 Å². The predicted molar refractivity (Wildman–Crippen MR) is 556 cm³/mol. The number of nitrogens with zero attached hydrogens (tertiary/aromatic N) is 21. The van der Waals surface area contributed by atoms with Crippen molar-refractivity contribution in [3.63, 3.8) is 0 Å². The molecular weight excluding hydrogens is 1590 g/mol. The number of aliphatic imine (C=N–C) groups is 6. The molecule has 0 bridgehead atoms. The van der Waals surface area contributed by atoms with Crippen LogP contribution in [0.5, 0.6) is 0 Å². The van der Waals surface area contributed by atoms with E-state index in [1.807, 2.05) is 380 Å². The Kier molecular flexibility index (Phi) is 76.6. The van der Waals surface area contributed by atoms with E-state index in [9.17, 15) is 0 Å². The third-order valence-corrected chi connectivity index (χ3v) is 15.5. The highest BCUT2D eigenvalue weighted by Gasteiger charge is 2.08. The fourth-order valence-electron chi connectivity index (χ4n) is 10.3. The Morgan fingerprint density at radius 3 is 1.29 bits per heavy atom. The maximum Gasteiger partial charge on any atom is 0.155 e. The first-order valence-electron chi connectivity index (χ1n) is 45.6. The van der Waals surface area contributed by atoms with Crippen LogP contribution in [0, 0.1) is 0 Å². The molecule has 15 aromatic rings. The van der Waals surface area contributed by atoms with Crippen LogP contribution in [-0.2, 0) is 38.6 Å². The zero-order chi connectivity index (χ0) is 95.7. The van der Waals surface area contributed by atoms with Gasteiger partial charge in [0.05, 0.1) is 70.3 Å². The minimum Gasteiger partial charge on any atom is -0.288 e. The number of rotatable bonds is 0. The highest BCUT2D eigenvalue weighted by Crippen LogP contribution is 2.25. The van der Waals surface area contributed by atoms with Crippen LogP contribution in [0.3, 0.4) is 0 Å². The number of fused-ring (bicyclic) bond motifs is 10. The summed E-state index contributed by atoms with van der Waals surface area (Å²) < 4.78 is 0. The summed E-state index contributed by atoms with van der Waals surface area (Å²) in [5, 5.41) is 14.0. The van der Waals surface area contributed by atoms with Gasteiger partial charge in [-0.05, 0) is 105 Å². The van der Waals surface area contributed by atoms with Gasteiger partial charge in [0.1, 0.15) is 31.6 Å². The van der Waals surface area contributed by atoms with Gasteiger partial charge in [-0.3, -0.25) is 54.9 Å². The lowest BCUT2D eigenvalue weighted by molar-refractivity contribution is 0.969. The Morgan fingerprint density at radius 1 is 0.248 bits per heavy atom. The van der Waals surface area contributed by atoms with Gasteiger partial charge in [0.15, 0.2) is 5.82 Å². The topological polar surface area (TPSA) is 267 Å². The quantitative estimate of drug-likeness (QED) is 0.137. The summed E-state index contributed by atoms with van der Waals surface area (Å²) in [6, 6.07) is 66.7. The lowest BCUT2D eigenvalue weighted by Gasteiger charge is -1.91. The number of hydrogen-bond donors (Lipinski definition) is 0. The smallest absolute Gasteiger partial charge is 0.155 e. The van der Waals surface area contributed by atoms with Crippen LogP contribution in [0.4, 0.5) is 28.6 Å². The molecule has 0 amide bonds. The minimum absolute atomic E-state index is 0.860. The Balaban J connectivity index is 0. The Labute approximate surface area is 772 Å². The van der Waals surface area contributed by atoms with Crippen molar-refractivity contribution in [2.24, 2.45) is 34.9 Å². The maximum atomic E-state index is 4.24. The number of benzene rings is 6. The summed E-state index contributed by atoms with van der Waals surface area (Å²) in [6.07, 6.45) is 46.8. The average Bonchev–Trinajstić information content (AvgIpc) is 1.66. The van der Waals surface area contributed by atoms with Crippen molar-refractivity contribution in [2.45, 2.75) is 205 Å². The van der Waals surface area contributed by atoms with Gasteiger partial charge in [-0.25, -0.2) is 39.9 Å². The molecule has 0 unspecified atom stereocenters. The third-order valence-electron chi connectivity index (χ3n) is 15.5. The third kappa shape index (κ3) is 48.8. The van der Waals surface area contributed by atoms with E-state index in [1.165, 1.54) is 86.3 Å². The molecule has 21 nitrogen and oxygen atoms in total. The van der Waals surface area contributed by atoms with E-state index >= 15 is 0 Å². The minimum atomic E-state index is 0.860. The first kappa shape index (κ1) is 117. The molecule has 680 valence electrons. The molecule has 0 aliphatic carbocycles. The van der Waals surface area contributed by atoms with Crippen molar-refractivity contribution >= 4 is 105 Å². The normalized spacial score (nSPS) is 10.4. The fraction of sp³-hybridized carbons (Fsp3) is 0.287. The molecule has 0 fully saturated rings. The standard InChI is InChI=1S/2C9H7N.C8H6N2.3C8H7N.4C7H6N2.2C3H3N3.12C2H6/c1-2-6-9-8(4-1)5-3-7-10-9;1-2-4-9-7-10-6-5-8(9)3-1;1-2-4-8-7(3-1)5-9-6-10-8;1-2-4-8-6-9-5-7(8)3-1;2*1-2-4-8-7(3-1)5-6-9-8;1-4-9-7-2-3-8-5-6(1)7;1-3-8-5-7-6(1)2-4-9-7;1-2-6-7(8-4-1)3-5-9-6;1-2-6-3-5-9-7(6)8-4-1;1-4-2-6-3-5-1;1-2-5-6-3-4-1;12*1-2/h2*1-7H;1-6H;1-5H,6H2;1-4,6H,5H2;1-5H,6H2;2-5H,1H2;1,3-5H,2H2;2*1-2,4-5H,3H2;2*1-3H;12*1-2H3. The highest BCUT2D eigenvalue weighted by atomic mass is 15.1. The van der Waals surface area contributed by atoms with Gasteiger partial charge in [0.2, 0.25) is 0 Å². The van der Waals surface area contributed by atoms with E-state index in [4.69, 9.17) is 0 Å². The monoisotopic (exact) mass is 1730 g/mol. The van der Waals surface area contributed by atoms with Crippen LogP contribution < -0.4 is 10.6 Å². The van der Waals surface area contributed by atoms with Crippen LogP contribution >= 0.6 is 0 Å². The maximum absolute atomic E-state index is 4.24. The number of pyridine rings is 6. The Morgan fingerprint density at radius 2 is 0.713 bits per heavy atom. The molecule has 7 aliphatic rings. The molecule has 0 N–H and O–H groups in total. The molecule has 0 saturated heterocycles. The van der Waals surface area contributed by atoms with Gasteiger partial charge in [-0.15, -0.1) is 5.10 Å². The summed E-state index contributed by atoms with van der Waals surface area (Å²) in [4.78, 5) is 75.5. The SMILES string of the molecule is C1=NCc2ccccc21.C1=Nc2ccccc2C1.C1=Nc2cccnc2C1.C1=Nc2ccncc2C1.C1=Nc2cnccc2C1.C1=Nc2ncccc2C1.C1=c2ccccc2=NC1.CC.CC.CC.CC.CC.CC.CC.CC.CC.CC.CC.CC.c1ccc2cnccc2c1.c1ccc2ncccc2c1.c1ccc2ncncc2c1.c1cnncn1.c1ncncn1. The van der Waals surface area contributed by atoms with E-state index in [-0.39, 0.29) is 0 Å². The predicted octanol–water partition coefficient (Wildman–Crippen LogP) is 27.2. The highest BCUT2D eigenvalue weighted by molar-refractivity contribution is 5.84. The zero-order valence-electron chi connectivity index (χ0n) is 81.3. The fourth-order valence-corrected chi connectivity index (χ4v) is 10.3. The van der Waals surface area contributed by atoms with Gasteiger partial charge < -0.3 is 0 Å². The molecular formula is C108H143N21. The van der Waals surface area contributed by atoms with E-state index in [1.54, 1.807) is 43.5 Å². The first-order chi connectivity index (χ1) is 64.2. The molecule has 0 spiro atoms. The second-order valence-electron chi connectivity index (χ2n) is 22.5. The van der Waals surface area contributed by atoms with E-state index < -0.39 is 0 Å². The van der Waals surface area contributed by atoms with Crippen molar-refractivity contribution in [1.82, 2.24) is 70.0 Å². The van der Waals surface area contributed by atoms with Gasteiger partial charge >= 0.3 is 0 Å². The van der Waals surface area contributed by atoms with Crippen LogP contribution in [0.25, 0.3) is 38.7 Å². The van der Waals surface area contributed by atoms with Crippen molar-refractivity contribution in [2.75, 3.05) is 6.54 Å². The van der Waals surface area contributed by atoms with E-state index in [0.29, 0.717) is 0 Å². The summed E-state index contributed by atoms with van der Waals surface area (Å²) in [7, 11) is 0. The lowest BCUT2D eigenvalue weighted by atomic mass is 10.1. The van der Waals surface area contributed by atoms with Gasteiger partial charge in [0.25, 0.3) is 0 Å². The molecule has 21 heteroatoms. The Bertz CT molecular complexity index is 4580. The van der Waals surface area contributed by atoms with E-state index in [2.05, 4.69) is 166 Å². The number of hydrogen-bond acceptors (Lipinski definition) is 21. The first-order valence-corrected chi connectivity index (χ1v) is 45.6. The van der Waals surface area contributed by atoms with Crippen LogP contribution in [0.15, 0.2) is 341 Å². The molecule has 6 aromatic carbocycles. The Hall–Kier alpha value is -14.2. The molecule has 0 atom stereocenters. The van der Waals surface area contributed by atoms with Gasteiger partial charge in [-0.1, -0.05) is 306 Å². The van der Waals surface area contributed by atoms with Crippen molar-refractivity contribution in [1.29, 1.82) is 0 Å². The summed E-state index contributed by atoms with van der Waals surface area (Å²) in [6.45, 7) is 49.7. The second-order valence-corrected chi connectivity index (χ2v) is 22.5. The average molecular weight is 1740 g/mol. The van der Waals surface area contributed by atoms with Crippen LogP contribution in [0.2, 0.25) is 0 Å². The summed E-state index contributed by atoms with van der Waals surface area (Å²) in [5.74, 6) is 0.887. The van der Waals surface area contributed by atoms with Crippen molar-refractivity contribution in [3.8, 4) is 0 Å². The van der Waals surface area contributed by atoms with Crippen molar-refractivity contribution in [3.05, 3.63) is 356 Å². The number of para-hydroxylation sites is 4. The molecule has 9 aromatic heterocycles. The molecule has 129 heavy (non-hydrogen) atoms. The molecule has 22 rings (SSSR count). The molecule has 7 aliphatic heterocycles. The second kappa shape index (κ2) is 84.6. The molecule has 16 heterocycles. The largest absolute Gasteiger partial charge is 0.288 e. The molecule has 0 saturated carbocycles. The van der Waals surface area contributed by atoms with Crippen LogP contribution in [0.1, 0.15) is 205 Å². The lowest BCUT2D eigenvalue weighted by Crippen LogP contribution is -2.19. The summed E-state index contributed by atoms with van der Waals surface area (Å²) >= 11 is 0. The zero-order valence-corrected chi connectivity index (χ0v) is 81.3. The van der Waals surface area contributed by atoms with Gasteiger partial charge in [0, 0.05) is 153 Å². The van der Waals surface area contributed by atoms with Gasteiger partial charge in [-0.2, -0.15) is 5.10 Å². The number of aromatic nitrogens is 14. The van der Waals surface area contributed by atoms with E-state index in [0.717, 1.165) is 101 Å².